The number of para-hydroxylation sites is 1. The van der Waals surface area contributed by atoms with Crippen molar-refractivity contribution in [3.8, 4) is 11.8 Å². The number of nitro benzene ring substituents is 1. The number of nitrogens with two attached hydrogens (primary N) is 1. The topological polar surface area (TPSA) is 153 Å². The van der Waals surface area contributed by atoms with Gasteiger partial charge in [0.15, 0.2) is 4.90 Å². The van der Waals surface area contributed by atoms with Gasteiger partial charge in [-0.3, -0.25) is 14.9 Å². The second-order valence-electron chi connectivity index (χ2n) is 4.87. The molecule has 0 bridgehead atoms. The molecule has 2 aromatic rings. The van der Waals surface area contributed by atoms with Crippen LogP contribution in [0.3, 0.4) is 0 Å². The molecule has 9 nitrogen and oxygen atoms in total. The number of hydrogen-bond donors (Lipinski definition) is 1. The van der Waals surface area contributed by atoms with E-state index < -0.39 is 31.5 Å². The first-order valence-electron chi connectivity index (χ1n) is 6.94. The van der Waals surface area contributed by atoms with Gasteiger partial charge in [0.1, 0.15) is 17.4 Å². The number of hydrogen-bond acceptors (Lipinski definition) is 7. The highest BCUT2D eigenvalue weighted by Crippen LogP contribution is 2.26. The van der Waals surface area contributed by atoms with Crippen molar-refractivity contribution in [2.75, 3.05) is 0 Å². The van der Waals surface area contributed by atoms with Crippen LogP contribution in [0.1, 0.15) is 5.56 Å². The molecule has 0 aliphatic rings. The van der Waals surface area contributed by atoms with Crippen LogP contribution in [0.2, 0.25) is 0 Å². The smallest absolute Gasteiger partial charge is 0.346 e. The van der Waals surface area contributed by atoms with Crippen molar-refractivity contribution in [1.29, 1.82) is 5.26 Å². The molecule has 0 aromatic heterocycles. The summed E-state index contributed by atoms with van der Waals surface area (Å²) in [5, 5.41) is 19.8. The van der Waals surface area contributed by atoms with Crippen LogP contribution in [0.5, 0.6) is 5.75 Å². The molecule has 2 aromatic carbocycles. The van der Waals surface area contributed by atoms with Crippen LogP contribution >= 0.6 is 0 Å². The standard InChI is InChI=1S/C16H11N3O6S/c17-10-12(16(18)20)9-11-5-7-13(8-6-11)25-26(23,24)15-4-2-1-3-14(15)19(21)22/h1-9H,(H2,18,20). The molecule has 0 aliphatic heterocycles. The largest absolute Gasteiger partial charge is 0.379 e. The van der Waals surface area contributed by atoms with E-state index in [1.807, 2.05) is 0 Å². The summed E-state index contributed by atoms with van der Waals surface area (Å²) in [5.41, 5.74) is 4.56. The summed E-state index contributed by atoms with van der Waals surface area (Å²) in [6.45, 7) is 0. The summed E-state index contributed by atoms with van der Waals surface area (Å²) in [6, 6.07) is 11.8. The number of primary amides is 1. The zero-order chi connectivity index (χ0) is 19.3. The zero-order valence-electron chi connectivity index (χ0n) is 13.0. The normalized spacial score (nSPS) is 11.4. The molecule has 2 N–H and O–H groups in total. The summed E-state index contributed by atoms with van der Waals surface area (Å²) in [5.74, 6) is -0.996. The first kappa shape index (κ1) is 18.6. The quantitative estimate of drug-likeness (QED) is 0.266. The van der Waals surface area contributed by atoms with Crippen LogP contribution in [0, 0.1) is 21.4 Å². The minimum Gasteiger partial charge on any atom is -0.379 e. The van der Waals surface area contributed by atoms with Gasteiger partial charge >= 0.3 is 10.1 Å². The lowest BCUT2D eigenvalue weighted by Crippen LogP contribution is -2.12. The Hall–Kier alpha value is -3.71. The monoisotopic (exact) mass is 373 g/mol. The molecule has 0 atom stereocenters. The summed E-state index contributed by atoms with van der Waals surface area (Å²) < 4.78 is 29.5. The lowest BCUT2D eigenvalue weighted by molar-refractivity contribution is -0.387. The van der Waals surface area contributed by atoms with Gasteiger partial charge in [-0.15, -0.1) is 0 Å². The average molecular weight is 373 g/mol. The number of nitriles is 1. The molecule has 132 valence electrons. The van der Waals surface area contributed by atoms with Crippen LogP contribution < -0.4 is 9.92 Å². The Bertz CT molecular complexity index is 1040. The first-order chi connectivity index (χ1) is 12.2. The molecule has 10 heteroatoms. The number of nitro groups is 1. The van der Waals surface area contributed by atoms with E-state index in [4.69, 9.17) is 15.2 Å². The van der Waals surface area contributed by atoms with E-state index in [1.165, 1.54) is 42.5 Å². The molecular weight excluding hydrogens is 362 g/mol. The maximum Gasteiger partial charge on any atom is 0.346 e. The van der Waals surface area contributed by atoms with Gasteiger partial charge < -0.3 is 9.92 Å². The number of benzene rings is 2. The molecule has 0 radical (unpaired) electrons. The molecular formula is C16H11N3O6S. The van der Waals surface area contributed by atoms with Gasteiger partial charge in [0.25, 0.3) is 11.6 Å². The molecule has 0 unspecified atom stereocenters. The van der Waals surface area contributed by atoms with Crippen LogP contribution in [0.15, 0.2) is 59.0 Å². The highest BCUT2D eigenvalue weighted by atomic mass is 32.2. The number of carbonyl (C=O) groups excluding carboxylic acids is 1. The van der Waals surface area contributed by atoms with Crippen LogP contribution in [-0.2, 0) is 14.9 Å². The average Bonchev–Trinajstić information content (AvgIpc) is 2.60. The number of carbonyl (C=O) groups is 1. The summed E-state index contributed by atoms with van der Waals surface area (Å²) in [6.07, 6.45) is 1.22. The maximum atomic E-state index is 12.3. The molecule has 0 saturated carbocycles. The van der Waals surface area contributed by atoms with Crippen LogP contribution in [-0.4, -0.2) is 19.2 Å². The Morgan fingerprint density at radius 3 is 2.35 bits per heavy atom. The van der Waals surface area contributed by atoms with Crippen LogP contribution in [0.25, 0.3) is 6.08 Å². The Balaban J connectivity index is 2.31. The van der Waals surface area contributed by atoms with E-state index in [1.54, 1.807) is 6.07 Å². The molecule has 0 spiro atoms. The third-order valence-corrected chi connectivity index (χ3v) is 4.41. The van der Waals surface area contributed by atoms with E-state index in [-0.39, 0.29) is 11.3 Å². The second kappa shape index (κ2) is 7.45. The number of nitrogens with zero attached hydrogens (tertiary/aromatic N) is 2. The van der Waals surface area contributed by atoms with Gasteiger partial charge in [0.2, 0.25) is 0 Å². The van der Waals surface area contributed by atoms with Gasteiger partial charge in [-0.25, -0.2) is 0 Å². The van der Waals surface area contributed by atoms with Crippen molar-refractivity contribution in [2.24, 2.45) is 5.73 Å². The fourth-order valence-electron chi connectivity index (χ4n) is 1.94. The molecule has 1 amide bonds. The predicted molar refractivity (Wildman–Crippen MR) is 90.1 cm³/mol. The molecule has 26 heavy (non-hydrogen) atoms. The fraction of sp³-hybridized carbons (Fsp3) is 0. The molecule has 2 rings (SSSR count). The van der Waals surface area contributed by atoms with Crippen molar-refractivity contribution < 1.29 is 22.3 Å². The van der Waals surface area contributed by atoms with Gasteiger partial charge in [0, 0.05) is 6.07 Å². The zero-order valence-corrected chi connectivity index (χ0v) is 13.8. The van der Waals surface area contributed by atoms with Crippen molar-refractivity contribution in [3.05, 3.63) is 69.8 Å². The first-order valence-corrected chi connectivity index (χ1v) is 8.35. The van der Waals surface area contributed by atoms with Gasteiger partial charge in [-0.05, 0) is 29.8 Å². The lowest BCUT2D eigenvalue weighted by atomic mass is 10.1. The highest BCUT2D eigenvalue weighted by molar-refractivity contribution is 7.87. The van der Waals surface area contributed by atoms with E-state index in [0.717, 1.165) is 12.1 Å². The van der Waals surface area contributed by atoms with E-state index in [0.29, 0.717) is 5.56 Å². The van der Waals surface area contributed by atoms with E-state index >= 15 is 0 Å². The highest BCUT2D eigenvalue weighted by Gasteiger charge is 2.27. The Kier molecular flexibility index (Phi) is 5.34. The second-order valence-corrected chi connectivity index (χ2v) is 6.38. The molecule has 0 fully saturated rings. The lowest BCUT2D eigenvalue weighted by Gasteiger charge is -2.07. The Morgan fingerprint density at radius 2 is 1.81 bits per heavy atom. The minimum absolute atomic E-state index is 0.0992. The molecule has 0 saturated heterocycles. The van der Waals surface area contributed by atoms with E-state index in [9.17, 15) is 23.3 Å². The van der Waals surface area contributed by atoms with Crippen molar-refractivity contribution in [3.63, 3.8) is 0 Å². The fourth-order valence-corrected chi connectivity index (χ4v) is 3.03. The summed E-state index contributed by atoms with van der Waals surface area (Å²) in [7, 11) is -4.43. The minimum atomic E-state index is -4.43. The maximum absolute atomic E-state index is 12.3. The van der Waals surface area contributed by atoms with Gasteiger partial charge in [-0.1, -0.05) is 24.3 Å². The molecule has 0 aliphatic carbocycles. The Labute approximate surface area is 148 Å². The number of amides is 1. The third kappa shape index (κ3) is 4.22. The third-order valence-electron chi connectivity index (χ3n) is 3.11. The van der Waals surface area contributed by atoms with Crippen molar-refractivity contribution in [1.82, 2.24) is 0 Å². The summed E-state index contributed by atoms with van der Waals surface area (Å²) >= 11 is 0. The van der Waals surface area contributed by atoms with E-state index in [2.05, 4.69) is 0 Å². The summed E-state index contributed by atoms with van der Waals surface area (Å²) in [4.78, 5) is 20.6. The van der Waals surface area contributed by atoms with Crippen molar-refractivity contribution in [2.45, 2.75) is 4.90 Å². The van der Waals surface area contributed by atoms with Crippen LogP contribution in [0.4, 0.5) is 5.69 Å². The molecule has 0 heterocycles. The van der Waals surface area contributed by atoms with Gasteiger partial charge in [-0.2, -0.15) is 13.7 Å². The Morgan fingerprint density at radius 1 is 1.19 bits per heavy atom. The van der Waals surface area contributed by atoms with Gasteiger partial charge in [0.05, 0.1) is 4.92 Å². The SMILES string of the molecule is N#CC(=Cc1ccc(OS(=O)(=O)c2ccccc2[N+](=O)[O-])cc1)C(N)=O. The number of rotatable bonds is 6. The van der Waals surface area contributed by atoms with Crippen molar-refractivity contribution >= 4 is 27.8 Å². The predicted octanol–water partition coefficient (Wildman–Crippen LogP) is 1.75.